The minimum Gasteiger partial charge on any atom is -0.433 e. The quantitative estimate of drug-likeness (QED) is 0.711. The largest absolute Gasteiger partial charge is 0.433 e. The Morgan fingerprint density at radius 1 is 1.30 bits per heavy atom. The van der Waals surface area contributed by atoms with Crippen LogP contribution in [-0.4, -0.2) is 35.3 Å². The molecule has 2 heterocycles. The van der Waals surface area contributed by atoms with Crippen molar-refractivity contribution in [2.45, 2.75) is 64.6 Å². The van der Waals surface area contributed by atoms with Crippen molar-refractivity contribution in [3.05, 3.63) is 35.4 Å². The first-order valence-electron chi connectivity index (χ1n) is 9.95. The summed E-state index contributed by atoms with van der Waals surface area (Å²) in [6, 6.07) is 6.45. The Hall–Kier alpha value is -2.37. The maximum atomic E-state index is 12.8. The summed E-state index contributed by atoms with van der Waals surface area (Å²) >= 11 is 0. The van der Waals surface area contributed by atoms with Crippen LogP contribution in [0.2, 0.25) is 0 Å². The van der Waals surface area contributed by atoms with Crippen molar-refractivity contribution in [2.75, 3.05) is 6.54 Å². The van der Waals surface area contributed by atoms with E-state index in [2.05, 4.69) is 19.2 Å². The topological polar surface area (TPSA) is 75.7 Å². The molecule has 0 unspecified atom stereocenters. The van der Waals surface area contributed by atoms with Crippen LogP contribution in [0.4, 0.5) is 0 Å². The Kier molecular flexibility index (Phi) is 6.14. The number of nitrogens with one attached hydrogen (secondary N) is 1. The molecule has 1 N–H and O–H groups in total. The first-order chi connectivity index (χ1) is 13.1. The molecule has 1 aromatic rings. The standard InChI is InChI=1S/C21H28N2O4/c1-3-5-8-14(4-2)13-22-19(25)17-11-12-18(24)23(17)20-15-9-6-7-10-16(15)21(26)27-20/h6-7,9-10,14,17,20H,3-5,8,11-13H2,1-2H3,(H,22,25)/t14-,17-,20-/m0/s1. The van der Waals surface area contributed by atoms with E-state index in [1.165, 1.54) is 4.90 Å². The molecule has 2 aliphatic rings. The molecule has 0 saturated carbocycles. The van der Waals surface area contributed by atoms with Crippen LogP contribution in [0.5, 0.6) is 0 Å². The maximum Gasteiger partial charge on any atom is 0.340 e. The molecule has 27 heavy (non-hydrogen) atoms. The number of hydrogen-bond donors (Lipinski definition) is 1. The summed E-state index contributed by atoms with van der Waals surface area (Å²) in [5.74, 6) is -0.302. The number of rotatable bonds is 8. The van der Waals surface area contributed by atoms with Crippen molar-refractivity contribution in [1.82, 2.24) is 10.2 Å². The number of carbonyl (C=O) groups excluding carboxylic acids is 3. The molecule has 0 aromatic heterocycles. The summed E-state index contributed by atoms with van der Waals surface area (Å²) < 4.78 is 5.45. The van der Waals surface area contributed by atoms with Gasteiger partial charge in [-0.25, -0.2) is 4.79 Å². The van der Waals surface area contributed by atoms with E-state index in [0.717, 1.165) is 25.7 Å². The number of nitrogens with zero attached hydrogens (tertiary/aromatic N) is 1. The molecule has 6 nitrogen and oxygen atoms in total. The lowest BCUT2D eigenvalue weighted by Gasteiger charge is -2.29. The lowest BCUT2D eigenvalue weighted by molar-refractivity contribution is -0.145. The molecule has 3 atom stereocenters. The van der Waals surface area contributed by atoms with Gasteiger partial charge in [0.1, 0.15) is 6.04 Å². The summed E-state index contributed by atoms with van der Waals surface area (Å²) in [6.45, 7) is 4.91. The third-order valence-corrected chi connectivity index (χ3v) is 5.58. The van der Waals surface area contributed by atoms with Crippen LogP contribution < -0.4 is 5.32 Å². The zero-order valence-electron chi connectivity index (χ0n) is 16.1. The molecule has 0 aliphatic carbocycles. The van der Waals surface area contributed by atoms with Crippen molar-refractivity contribution in [2.24, 2.45) is 5.92 Å². The van der Waals surface area contributed by atoms with E-state index in [-0.39, 0.29) is 11.8 Å². The SMILES string of the molecule is CCCC[C@H](CC)CNC(=O)[C@@H]1CCC(=O)N1[C@H]1OC(=O)c2ccccc21. The minimum absolute atomic E-state index is 0.150. The fraction of sp³-hybridized carbons (Fsp3) is 0.571. The number of benzene rings is 1. The van der Waals surface area contributed by atoms with Gasteiger partial charge in [-0.15, -0.1) is 0 Å². The number of fused-ring (bicyclic) bond motifs is 1. The molecule has 146 valence electrons. The molecule has 0 spiro atoms. The number of ether oxygens (including phenoxy) is 1. The van der Waals surface area contributed by atoms with Gasteiger partial charge >= 0.3 is 5.97 Å². The fourth-order valence-electron chi connectivity index (χ4n) is 3.89. The van der Waals surface area contributed by atoms with Crippen molar-refractivity contribution in [1.29, 1.82) is 0 Å². The molecule has 1 fully saturated rings. The van der Waals surface area contributed by atoms with E-state index in [0.29, 0.717) is 36.4 Å². The van der Waals surface area contributed by atoms with Crippen LogP contribution in [0.1, 0.15) is 74.5 Å². The highest BCUT2D eigenvalue weighted by Crippen LogP contribution is 2.38. The van der Waals surface area contributed by atoms with Crippen molar-refractivity contribution in [3.63, 3.8) is 0 Å². The highest BCUT2D eigenvalue weighted by Gasteiger charge is 2.46. The molecule has 1 aromatic carbocycles. The summed E-state index contributed by atoms with van der Waals surface area (Å²) in [5, 5.41) is 3.02. The molecule has 1 saturated heterocycles. The van der Waals surface area contributed by atoms with E-state index in [1.54, 1.807) is 18.2 Å². The predicted octanol–water partition coefficient (Wildman–Crippen LogP) is 3.18. The number of esters is 1. The Morgan fingerprint density at radius 3 is 2.81 bits per heavy atom. The van der Waals surface area contributed by atoms with E-state index >= 15 is 0 Å². The lowest BCUT2D eigenvalue weighted by atomic mass is 9.99. The van der Waals surface area contributed by atoms with Gasteiger partial charge in [0.05, 0.1) is 5.56 Å². The Labute approximate surface area is 160 Å². The van der Waals surface area contributed by atoms with Gasteiger partial charge in [0.25, 0.3) is 0 Å². The van der Waals surface area contributed by atoms with Gasteiger partial charge in [-0.1, -0.05) is 51.3 Å². The Morgan fingerprint density at radius 2 is 2.07 bits per heavy atom. The third kappa shape index (κ3) is 3.99. The molecule has 0 radical (unpaired) electrons. The van der Waals surface area contributed by atoms with Gasteiger partial charge in [-0.2, -0.15) is 0 Å². The van der Waals surface area contributed by atoms with Gasteiger partial charge in [0.2, 0.25) is 18.0 Å². The van der Waals surface area contributed by atoms with Gasteiger partial charge in [0.15, 0.2) is 0 Å². The Balaban J connectivity index is 1.70. The van der Waals surface area contributed by atoms with Crippen LogP contribution in [-0.2, 0) is 14.3 Å². The fourth-order valence-corrected chi connectivity index (χ4v) is 3.89. The summed E-state index contributed by atoms with van der Waals surface area (Å²) in [7, 11) is 0. The number of amides is 2. The van der Waals surface area contributed by atoms with Gasteiger partial charge in [0, 0.05) is 18.5 Å². The smallest absolute Gasteiger partial charge is 0.340 e. The number of likely N-dealkylation sites (tertiary alicyclic amines) is 1. The van der Waals surface area contributed by atoms with Crippen LogP contribution >= 0.6 is 0 Å². The molecular formula is C21H28N2O4. The molecule has 2 amide bonds. The Bertz CT molecular complexity index is 718. The van der Waals surface area contributed by atoms with Crippen molar-refractivity contribution >= 4 is 17.8 Å². The first-order valence-corrected chi connectivity index (χ1v) is 9.95. The van der Waals surface area contributed by atoms with E-state index < -0.39 is 18.2 Å². The van der Waals surface area contributed by atoms with Gasteiger partial charge < -0.3 is 10.1 Å². The second-order valence-electron chi connectivity index (χ2n) is 7.36. The zero-order chi connectivity index (χ0) is 19.4. The van der Waals surface area contributed by atoms with Gasteiger partial charge in [-0.3, -0.25) is 14.5 Å². The molecular weight excluding hydrogens is 344 g/mol. The summed E-state index contributed by atoms with van der Waals surface area (Å²) in [6.07, 6.45) is 4.34. The van der Waals surface area contributed by atoms with Crippen LogP contribution in [0.3, 0.4) is 0 Å². The summed E-state index contributed by atoms with van der Waals surface area (Å²) in [5.41, 5.74) is 1.12. The normalized spacial score (nSPS) is 22.5. The highest BCUT2D eigenvalue weighted by atomic mass is 16.6. The van der Waals surface area contributed by atoms with E-state index in [9.17, 15) is 14.4 Å². The highest BCUT2D eigenvalue weighted by molar-refractivity contribution is 5.96. The molecule has 0 bridgehead atoms. The van der Waals surface area contributed by atoms with Crippen molar-refractivity contribution in [3.8, 4) is 0 Å². The maximum absolute atomic E-state index is 12.8. The molecule has 6 heteroatoms. The third-order valence-electron chi connectivity index (χ3n) is 5.58. The van der Waals surface area contributed by atoms with Gasteiger partial charge in [-0.05, 0) is 24.8 Å². The number of cyclic esters (lactones) is 1. The first kappa shape index (κ1) is 19.4. The van der Waals surface area contributed by atoms with Crippen LogP contribution in [0, 0.1) is 5.92 Å². The van der Waals surface area contributed by atoms with Crippen LogP contribution in [0.25, 0.3) is 0 Å². The number of unbranched alkanes of at least 4 members (excludes halogenated alkanes) is 1. The van der Waals surface area contributed by atoms with E-state index in [4.69, 9.17) is 4.74 Å². The number of carbonyl (C=O) groups is 3. The van der Waals surface area contributed by atoms with Crippen LogP contribution in [0.15, 0.2) is 24.3 Å². The second kappa shape index (κ2) is 8.55. The second-order valence-corrected chi connectivity index (χ2v) is 7.36. The number of hydrogen-bond acceptors (Lipinski definition) is 4. The summed E-state index contributed by atoms with van der Waals surface area (Å²) in [4.78, 5) is 38.8. The minimum atomic E-state index is -0.804. The molecule has 2 aliphatic heterocycles. The average Bonchev–Trinajstić information content (AvgIpc) is 3.22. The zero-order valence-corrected chi connectivity index (χ0v) is 16.1. The lowest BCUT2D eigenvalue weighted by Crippen LogP contribution is -2.47. The monoisotopic (exact) mass is 372 g/mol. The molecule has 3 rings (SSSR count). The average molecular weight is 372 g/mol. The van der Waals surface area contributed by atoms with E-state index in [1.807, 2.05) is 6.07 Å². The van der Waals surface area contributed by atoms with Crippen molar-refractivity contribution < 1.29 is 19.1 Å². The predicted molar refractivity (Wildman–Crippen MR) is 101 cm³/mol.